The molecular weight excluding hydrogens is 202 g/mol. The molecule has 0 aromatic carbocycles. The van der Waals surface area contributed by atoms with E-state index in [0.29, 0.717) is 0 Å². The molecule has 0 atom stereocenters. The zero-order chi connectivity index (χ0) is 4.50. The van der Waals surface area contributed by atoms with Crippen molar-refractivity contribution in [3.63, 3.8) is 0 Å². The van der Waals surface area contributed by atoms with Gasteiger partial charge in [-0.1, -0.05) is 0 Å². The summed E-state index contributed by atoms with van der Waals surface area (Å²) in [5, 5.41) is 0. The third-order valence-corrected chi connectivity index (χ3v) is 0. The number of hydrogen-bond acceptors (Lipinski definition) is 1. The molecule has 7 heavy (non-hydrogen) atoms. The van der Waals surface area contributed by atoms with E-state index in [1.54, 1.807) is 0 Å². The van der Waals surface area contributed by atoms with Gasteiger partial charge in [0.25, 0.3) is 0 Å². The second kappa shape index (κ2) is 5.65. The van der Waals surface area contributed by atoms with Crippen LogP contribution in [0.4, 0.5) is 4.70 Å². The summed E-state index contributed by atoms with van der Waals surface area (Å²) in [4.78, 5) is 21.6. The second-order valence-corrected chi connectivity index (χ2v) is 1.54. The van der Waals surface area contributed by atoms with Crippen molar-refractivity contribution < 1.29 is 23.9 Å². The summed E-state index contributed by atoms with van der Waals surface area (Å²) in [6.07, 6.45) is 0. The number of rotatable bonds is 0. The van der Waals surface area contributed by atoms with Gasteiger partial charge in [-0.05, 0) is 0 Å². The van der Waals surface area contributed by atoms with Crippen LogP contribution in [0.1, 0.15) is 0 Å². The fourth-order valence-electron chi connectivity index (χ4n) is 0. The SMILES string of the molecule is F.O=P(O)(O)O.[SrH2]. The summed E-state index contributed by atoms with van der Waals surface area (Å²) in [7, 11) is -4.64. The van der Waals surface area contributed by atoms with Crippen LogP contribution in [0.2, 0.25) is 0 Å². The molecular formula is H6FO4PSr. The van der Waals surface area contributed by atoms with Gasteiger partial charge in [0.1, 0.15) is 0 Å². The number of phosphoric acid groups is 1. The molecule has 0 aliphatic rings. The first-order valence-electron chi connectivity index (χ1n) is 0.783. The van der Waals surface area contributed by atoms with E-state index in [0.717, 1.165) is 0 Å². The van der Waals surface area contributed by atoms with Gasteiger partial charge in [-0.25, -0.2) is 4.57 Å². The normalized spacial score (nSPS) is 8.43. The third-order valence-electron chi connectivity index (χ3n) is 0. The van der Waals surface area contributed by atoms with Crippen molar-refractivity contribution in [3.05, 3.63) is 0 Å². The predicted molar refractivity (Wildman–Crippen MR) is 25.3 cm³/mol. The maximum absolute atomic E-state index is 8.88. The molecule has 3 N–H and O–H groups in total. The maximum atomic E-state index is 8.88. The summed E-state index contributed by atoms with van der Waals surface area (Å²) in [5.41, 5.74) is 0. The van der Waals surface area contributed by atoms with Crippen LogP contribution in [0.3, 0.4) is 0 Å². The van der Waals surface area contributed by atoms with Gasteiger partial charge in [0.2, 0.25) is 0 Å². The molecule has 44 valence electrons. The van der Waals surface area contributed by atoms with Gasteiger partial charge in [0.15, 0.2) is 0 Å². The van der Waals surface area contributed by atoms with Crippen LogP contribution in [0.5, 0.6) is 0 Å². The van der Waals surface area contributed by atoms with Gasteiger partial charge in [0, 0.05) is 0 Å². The summed E-state index contributed by atoms with van der Waals surface area (Å²) >= 11 is 0. The Labute approximate surface area is 76.4 Å². The zero-order valence-electron chi connectivity index (χ0n) is 2.61. The van der Waals surface area contributed by atoms with Crippen molar-refractivity contribution in [3.8, 4) is 0 Å². The molecule has 0 aromatic heterocycles. The Morgan fingerprint density at radius 1 is 1.14 bits per heavy atom. The standard InChI is InChI=1S/FH.H3O4P.Sr.2H/c;1-5(2,3)4;;;/h1H;(H3,1,2,3,4);;;. The monoisotopic (exact) mass is 208 g/mol. The molecule has 0 saturated carbocycles. The summed E-state index contributed by atoms with van der Waals surface area (Å²) in [6, 6.07) is 0. The molecule has 0 saturated heterocycles. The van der Waals surface area contributed by atoms with Gasteiger partial charge >= 0.3 is 53.3 Å². The minimum absolute atomic E-state index is 0. The topological polar surface area (TPSA) is 77.8 Å². The Balaban J connectivity index is -0.0000000800. The first-order valence-corrected chi connectivity index (χ1v) is 2.35. The molecule has 7 heteroatoms. The van der Waals surface area contributed by atoms with Crippen molar-refractivity contribution in [2.45, 2.75) is 0 Å². The van der Waals surface area contributed by atoms with E-state index in [1.165, 1.54) is 0 Å². The molecule has 0 spiro atoms. The van der Waals surface area contributed by atoms with Gasteiger partial charge in [-0.2, -0.15) is 0 Å². The molecule has 0 unspecified atom stereocenters. The first kappa shape index (κ1) is 15.8. The molecule has 4 nitrogen and oxygen atoms in total. The van der Waals surface area contributed by atoms with E-state index in [-0.39, 0.29) is 50.2 Å². The average molecular weight is 208 g/mol. The van der Waals surface area contributed by atoms with Crippen LogP contribution in [0.15, 0.2) is 0 Å². The van der Waals surface area contributed by atoms with Gasteiger partial charge in [-0.15, -0.1) is 0 Å². The second-order valence-electron chi connectivity index (χ2n) is 0.513. The fourth-order valence-corrected chi connectivity index (χ4v) is 0. The van der Waals surface area contributed by atoms with Crippen LogP contribution in [-0.2, 0) is 4.57 Å². The molecule has 0 heterocycles. The summed E-state index contributed by atoms with van der Waals surface area (Å²) < 4.78 is 8.88. The summed E-state index contributed by atoms with van der Waals surface area (Å²) in [5.74, 6) is 0. The quantitative estimate of drug-likeness (QED) is 0.327. The molecule has 0 bridgehead atoms. The first-order chi connectivity index (χ1) is 2.00. The van der Waals surface area contributed by atoms with Crippen LogP contribution in [0.25, 0.3) is 0 Å². The van der Waals surface area contributed by atoms with Crippen molar-refractivity contribution in [2.75, 3.05) is 0 Å². The van der Waals surface area contributed by atoms with Gasteiger partial charge < -0.3 is 14.7 Å². The van der Waals surface area contributed by atoms with E-state index in [4.69, 9.17) is 19.2 Å². The van der Waals surface area contributed by atoms with Gasteiger partial charge in [-0.3, -0.25) is 4.70 Å². The van der Waals surface area contributed by atoms with Gasteiger partial charge in [0.05, 0.1) is 0 Å². The molecule has 0 rings (SSSR count). The number of hydrogen-bond donors (Lipinski definition) is 3. The van der Waals surface area contributed by atoms with Crippen LogP contribution in [-0.4, -0.2) is 60.2 Å². The van der Waals surface area contributed by atoms with Crippen molar-refractivity contribution in [2.24, 2.45) is 0 Å². The Hall–Kier alpha value is 1.52. The summed E-state index contributed by atoms with van der Waals surface area (Å²) in [6.45, 7) is 0. The zero-order valence-corrected chi connectivity index (χ0v) is 3.50. The van der Waals surface area contributed by atoms with E-state index in [1.807, 2.05) is 0 Å². The molecule has 0 fully saturated rings. The third kappa shape index (κ3) is 99.1. The van der Waals surface area contributed by atoms with E-state index in [2.05, 4.69) is 0 Å². The van der Waals surface area contributed by atoms with Crippen LogP contribution >= 0.6 is 7.82 Å². The Bertz CT molecular complexity index is 57.8. The Kier molecular flexibility index (Phi) is 12.8. The van der Waals surface area contributed by atoms with E-state index in [9.17, 15) is 0 Å². The Morgan fingerprint density at radius 3 is 1.14 bits per heavy atom. The molecule has 0 amide bonds. The van der Waals surface area contributed by atoms with E-state index < -0.39 is 7.82 Å². The van der Waals surface area contributed by atoms with Crippen LogP contribution in [0, 0.1) is 0 Å². The average Bonchev–Trinajstić information content (AvgIpc) is 0.722. The van der Waals surface area contributed by atoms with Crippen molar-refractivity contribution in [1.82, 2.24) is 0 Å². The molecule has 0 aliphatic heterocycles. The predicted octanol–water partition coefficient (Wildman–Crippen LogP) is -1.69. The fraction of sp³-hybridized carbons (Fsp3) is 0. The van der Waals surface area contributed by atoms with Crippen molar-refractivity contribution >= 4 is 53.3 Å². The molecule has 0 radical (unpaired) electrons. The number of halogens is 1. The van der Waals surface area contributed by atoms with Crippen molar-refractivity contribution in [1.29, 1.82) is 0 Å². The molecule has 0 aliphatic carbocycles. The van der Waals surface area contributed by atoms with E-state index >= 15 is 0 Å². The molecule has 0 aromatic rings. The van der Waals surface area contributed by atoms with Crippen LogP contribution < -0.4 is 0 Å². The minimum atomic E-state index is -4.64. The Morgan fingerprint density at radius 2 is 1.14 bits per heavy atom.